The lowest BCUT2D eigenvalue weighted by molar-refractivity contribution is -0.384. The molecule has 0 bridgehead atoms. The standard InChI is InChI=1S/C20H30N4O4S/c1-3-28-19(25)17-9-12-23(13-10-17)20(21-11-4-14-29-2)22-15-16-5-7-18(8-6-16)24(26)27/h5-8,17H,3-4,9-15H2,1-2H3,(H,21,22). The van der Waals surface area contributed by atoms with E-state index in [1.165, 1.54) is 12.1 Å². The highest BCUT2D eigenvalue weighted by molar-refractivity contribution is 7.98. The highest BCUT2D eigenvalue weighted by atomic mass is 32.2. The maximum atomic E-state index is 12.0. The zero-order valence-corrected chi connectivity index (χ0v) is 18.0. The Morgan fingerprint density at radius 3 is 2.62 bits per heavy atom. The molecule has 160 valence electrons. The van der Waals surface area contributed by atoms with Crippen LogP contribution in [0.15, 0.2) is 29.3 Å². The van der Waals surface area contributed by atoms with Gasteiger partial charge < -0.3 is 15.0 Å². The first-order valence-electron chi connectivity index (χ1n) is 9.97. The molecule has 0 unspecified atom stereocenters. The molecule has 1 aromatic rings. The summed E-state index contributed by atoms with van der Waals surface area (Å²) in [4.78, 5) is 29.3. The number of piperidine rings is 1. The minimum absolute atomic E-state index is 0.0430. The van der Waals surface area contributed by atoms with Gasteiger partial charge >= 0.3 is 5.97 Å². The number of carbonyl (C=O) groups excluding carboxylic acids is 1. The molecular formula is C20H30N4O4S. The van der Waals surface area contributed by atoms with Gasteiger partial charge in [0.25, 0.3) is 5.69 Å². The average molecular weight is 423 g/mol. The molecule has 1 fully saturated rings. The molecule has 0 aromatic heterocycles. The normalized spacial score (nSPS) is 15.2. The molecule has 1 saturated heterocycles. The number of hydrogen-bond donors (Lipinski definition) is 1. The minimum Gasteiger partial charge on any atom is -0.466 e. The Hall–Kier alpha value is -2.29. The van der Waals surface area contributed by atoms with Crippen LogP contribution in [-0.4, -0.2) is 60.0 Å². The van der Waals surface area contributed by atoms with E-state index in [-0.39, 0.29) is 17.6 Å². The summed E-state index contributed by atoms with van der Waals surface area (Å²) < 4.78 is 5.15. The van der Waals surface area contributed by atoms with Gasteiger partial charge in [0.05, 0.1) is 24.0 Å². The summed E-state index contributed by atoms with van der Waals surface area (Å²) in [7, 11) is 0. The third-order valence-corrected chi connectivity index (χ3v) is 5.48. The molecule has 0 amide bonds. The van der Waals surface area contributed by atoms with Crippen molar-refractivity contribution in [2.24, 2.45) is 10.9 Å². The fraction of sp³-hybridized carbons (Fsp3) is 0.600. The summed E-state index contributed by atoms with van der Waals surface area (Å²) in [5.41, 5.74) is 0.995. The van der Waals surface area contributed by atoms with Gasteiger partial charge in [-0.25, -0.2) is 4.99 Å². The number of aliphatic imine (C=N–C) groups is 1. The highest BCUT2D eigenvalue weighted by Gasteiger charge is 2.27. The SMILES string of the molecule is CCOC(=O)C1CCN(C(=NCc2ccc([N+](=O)[O-])cc2)NCCCSC)CC1. The summed E-state index contributed by atoms with van der Waals surface area (Å²) in [6, 6.07) is 6.47. The number of esters is 1. The average Bonchev–Trinajstić information content (AvgIpc) is 2.74. The Labute approximate surface area is 176 Å². The second-order valence-electron chi connectivity index (χ2n) is 6.85. The van der Waals surface area contributed by atoms with Crippen LogP contribution < -0.4 is 5.32 Å². The van der Waals surface area contributed by atoms with Gasteiger partial charge in [0, 0.05) is 31.8 Å². The number of benzene rings is 1. The fourth-order valence-corrected chi connectivity index (χ4v) is 3.59. The molecule has 1 N–H and O–H groups in total. The number of carbonyl (C=O) groups is 1. The van der Waals surface area contributed by atoms with Crippen LogP contribution in [-0.2, 0) is 16.1 Å². The maximum absolute atomic E-state index is 12.0. The summed E-state index contributed by atoms with van der Waals surface area (Å²) >= 11 is 1.81. The van der Waals surface area contributed by atoms with Crippen LogP contribution in [0.2, 0.25) is 0 Å². The number of likely N-dealkylation sites (tertiary alicyclic amines) is 1. The Morgan fingerprint density at radius 2 is 2.03 bits per heavy atom. The minimum atomic E-state index is -0.403. The van der Waals surface area contributed by atoms with Crippen molar-refractivity contribution in [2.75, 3.05) is 38.2 Å². The van der Waals surface area contributed by atoms with Crippen molar-refractivity contribution in [1.82, 2.24) is 10.2 Å². The predicted octanol–water partition coefficient (Wildman–Crippen LogP) is 3.07. The first-order chi connectivity index (χ1) is 14.0. The van der Waals surface area contributed by atoms with Crippen LogP contribution in [0.5, 0.6) is 0 Å². The number of nitro groups is 1. The first-order valence-corrected chi connectivity index (χ1v) is 11.4. The van der Waals surface area contributed by atoms with Crippen LogP contribution in [0, 0.1) is 16.0 Å². The predicted molar refractivity (Wildman–Crippen MR) is 116 cm³/mol. The van der Waals surface area contributed by atoms with Gasteiger partial charge in [-0.3, -0.25) is 14.9 Å². The lowest BCUT2D eigenvalue weighted by Crippen LogP contribution is -2.47. The number of hydrogen-bond acceptors (Lipinski definition) is 6. The number of guanidine groups is 1. The van der Waals surface area contributed by atoms with E-state index in [1.54, 1.807) is 12.1 Å². The molecule has 1 aromatic carbocycles. The second-order valence-corrected chi connectivity index (χ2v) is 7.84. The molecule has 0 radical (unpaired) electrons. The maximum Gasteiger partial charge on any atom is 0.309 e. The van der Waals surface area contributed by atoms with E-state index in [4.69, 9.17) is 9.73 Å². The molecular weight excluding hydrogens is 392 g/mol. The number of nitro benzene ring substituents is 1. The molecule has 9 heteroatoms. The van der Waals surface area contributed by atoms with Crippen molar-refractivity contribution in [3.8, 4) is 0 Å². The van der Waals surface area contributed by atoms with Crippen LogP contribution in [0.4, 0.5) is 5.69 Å². The Bertz CT molecular complexity index is 688. The Kier molecular flexibility index (Phi) is 9.76. The topological polar surface area (TPSA) is 97.1 Å². The molecule has 1 aliphatic rings. The van der Waals surface area contributed by atoms with Gasteiger partial charge in [0.15, 0.2) is 5.96 Å². The molecule has 29 heavy (non-hydrogen) atoms. The summed E-state index contributed by atoms with van der Waals surface area (Å²) in [6.07, 6.45) is 4.63. The molecule has 2 rings (SSSR count). The number of nitrogens with one attached hydrogen (secondary N) is 1. The molecule has 0 atom stereocenters. The quantitative estimate of drug-likeness (QED) is 0.163. The van der Waals surface area contributed by atoms with Crippen LogP contribution in [0.25, 0.3) is 0 Å². The smallest absolute Gasteiger partial charge is 0.309 e. The largest absolute Gasteiger partial charge is 0.466 e. The number of non-ortho nitro benzene ring substituents is 1. The van der Waals surface area contributed by atoms with Crippen molar-refractivity contribution >= 4 is 29.4 Å². The molecule has 0 saturated carbocycles. The van der Waals surface area contributed by atoms with E-state index < -0.39 is 4.92 Å². The van der Waals surface area contributed by atoms with Crippen LogP contribution in [0.1, 0.15) is 31.7 Å². The second kappa shape index (κ2) is 12.3. The van der Waals surface area contributed by atoms with Gasteiger partial charge in [-0.05, 0) is 43.8 Å². The van der Waals surface area contributed by atoms with E-state index in [0.29, 0.717) is 13.2 Å². The molecule has 0 aliphatic carbocycles. The number of thioether (sulfide) groups is 1. The van der Waals surface area contributed by atoms with Gasteiger partial charge in [-0.2, -0.15) is 11.8 Å². The van der Waals surface area contributed by atoms with E-state index >= 15 is 0 Å². The lowest BCUT2D eigenvalue weighted by Gasteiger charge is -2.33. The van der Waals surface area contributed by atoms with E-state index in [2.05, 4.69) is 16.5 Å². The number of ether oxygens (including phenoxy) is 1. The first kappa shape index (κ1) is 23.0. The molecule has 0 spiro atoms. The van der Waals surface area contributed by atoms with Gasteiger partial charge in [0.2, 0.25) is 0 Å². The summed E-state index contributed by atoms with van der Waals surface area (Å²) in [6.45, 7) is 5.01. The van der Waals surface area contributed by atoms with Gasteiger partial charge in [0.1, 0.15) is 0 Å². The van der Waals surface area contributed by atoms with Gasteiger partial charge in [-0.1, -0.05) is 12.1 Å². The van der Waals surface area contributed by atoms with Crippen molar-refractivity contribution in [3.63, 3.8) is 0 Å². The summed E-state index contributed by atoms with van der Waals surface area (Å²) in [5.74, 6) is 1.75. The van der Waals surface area contributed by atoms with E-state index in [0.717, 1.165) is 56.2 Å². The van der Waals surface area contributed by atoms with Gasteiger partial charge in [-0.15, -0.1) is 0 Å². The van der Waals surface area contributed by atoms with Crippen molar-refractivity contribution in [1.29, 1.82) is 0 Å². The fourth-order valence-electron chi connectivity index (χ4n) is 3.16. The van der Waals surface area contributed by atoms with Crippen molar-refractivity contribution < 1.29 is 14.5 Å². The Morgan fingerprint density at radius 1 is 1.34 bits per heavy atom. The highest BCUT2D eigenvalue weighted by Crippen LogP contribution is 2.19. The molecule has 1 aliphatic heterocycles. The third kappa shape index (κ3) is 7.56. The zero-order chi connectivity index (χ0) is 21.1. The summed E-state index contributed by atoms with van der Waals surface area (Å²) in [5, 5.41) is 14.2. The van der Waals surface area contributed by atoms with Crippen molar-refractivity contribution in [3.05, 3.63) is 39.9 Å². The van der Waals surface area contributed by atoms with E-state index in [1.807, 2.05) is 18.7 Å². The van der Waals surface area contributed by atoms with Crippen LogP contribution in [0.3, 0.4) is 0 Å². The lowest BCUT2D eigenvalue weighted by atomic mass is 9.97. The zero-order valence-electron chi connectivity index (χ0n) is 17.1. The third-order valence-electron chi connectivity index (χ3n) is 4.78. The van der Waals surface area contributed by atoms with E-state index in [9.17, 15) is 14.9 Å². The van der Waals surface area contributed by atoms with Crippen molar-refractivity contribution in [2.45, 2.75) is 32.7 Å². The molecule has 1 heterocycles. The molecule has 8 nitrogen and oxygen atoms in total. The van der Waals surface area contributed by atoms with Crippen LogP contribution >= 0.6 is 11.8 Å². The monoisotopic (exact) mass is 422 g/mol. The Balaban J connectivity index is 1.99. The number of nitrogens with zero attached hydrogens (tertiary/aromatic N) is 3. The number of rotatable bonds is 9.